The molecule has 1 rings (SSSR count). The summed E-state index contributed by atoms with van der Waals surface area (Å²) in [6.45, 7) is 3.91. The zero-order valence-corrected chi connectivity index (χ0v) is 12.6. The van der Waals surface area contributed by atoms with Crippen molar-refractivity contribution in [3.8, 4) is 0 Å². The van der Waals surface area contributed by atoms with Crippen LogP contribution in [0.25, 0.3) is 0 Å². The van der Waals surface area contributed by atoms with Crippen molar-refractivity contribution in [3.05, 3.63) is 15.6 Å². The van der Waals surface area contributed by atoms with E-state index in [9.17, 15) is 14.4 Å². The van der Waals surface area contributed by atoms with Gasteiger partial charge in [-0.1, -0.05) is 0 Å². The monoisotopic (exact) mass is 315 g/mol. The first-order chi connectivity index (χ1) is 9.93. The molecule has 0 aromatic carbocycles. The Balaban J connectivity index is 2.31. The van der Waals surface area contributed by atoms with E-state index >= 15 is 0 Å². The third-order valence-corrected chi connectivity index (χ3v) is 3.50. The maximum atomic E-state index is 11.5. The van der Waals surface area contributed by atoms with Crippen molar-refractivity contribution in [2.45, 2.75) is 26.8 Å². The van der Waals surface area contributed by atoms with Gasteiger partial charge in [0.05, 0.1) is 25.3 Å². The van der Waals surface area contributed by atoms with Gasteiger partial charge < -0.3 is 20.5 Å². The van der Waals surface area contributed by atoms with E-state index in [4.69, 9.17) is 9.84 Å². The molecule has 0 unspecified atom stereocenters. The third-order valence-electron chi connectivity index (χ3n) is 2.36. The number of ether oxygens (including phenoxy) is 1. The third kappa shape index (κ3) is 5.78. The minimum absolute atomic E-state index is 0.0980. The number of carbonyl (C=O) groups is 3. The smallest absolute Gasteiger partial charge is 0.347 e. The Labute approximate surface area is 125 Å². The Bertz CT molecular complexity index is 529. The lowest BCUT2D eigenvalue weighted by atomic mass is 10.4. The average molecular weight is 315 g/mol. The Morgan fingerprint density at radius 3 is 2.62 bits per heavy atom. The van der Waals surface area contributed by atoms with Crippen LogP contribution in [0.2, 0.25) is 0 Å². The van der Waals surface area contributed by atoms with E-state index in [-0.39, 0.29) is 30.4 Å². The first kappa shape index (κ1) is 16.9. The summed E-state index contributed by atoms with van der Waals surface area (Å²) in [6.07, 6.45) is 0.0980. The van der Waals surface area contributed by atoms with E-state index in [1.54, 1.807) is 13.8 Å². The fourth-order valence-corrected chi connectivity index (χ4v) is 2.30. The van der Waals surface area contributed by atoms with Gasteiger partial charge in [0.1, 0.15) is 9.88 Å². The van der Waals surface area contributed by atoms with Crippen LogP contribution in [0.4, 0.5) is 4.79 Å². The second-order valence-corrected chi connectivity index (χ2v) is 5.08. The molecule has 0 saturated heterocycles. The van der Waals surface area contributed by atoms with E-state index in [1.807, 2.05) is 0 Å². The van der Waals surface area contributed by atoms with Crippen molar-refractivity contribution < 1.29 is 24.2 Å². The van der Waals surface area contributed by atoms with E-state index in [1.165, 1.54) is 0 Å². The molecule has 116 valence electrons. The van der Waals surface area contributed by atoms with Crippen LogP contribution < -0.4 is 10.6 Å². The van der Waals surface area contributed by atoms with Gasteiger partial charge in [0.15, 0.2) is 0 Å². The molecule has 21 heavy (non-hydrogen) atoms. The number of amides is 2. The van der Waals surface area contributed by atoms with E-state index < -0.39 is 12.0 Å². The SMILES string of the molecule is CCOC(=O)CCNC(=O)NCc1nc(C)c(C(=O)O)s1. The summed E-state index contributed by atoms with van der Waals surface area (Å²) in [5.41, 5.74) is 0.423. The molecule has 0 spiro atoms. The number of aromatic carboxylic acids is 1. The lowest BCUT2D eigenvalue weighted by molar-refractivity contribution is -0.142. The highest BCUT2D eigenvalue weighted by atomic mass is 32.1. The molecule has 1 heterocycles. The van der Waals surface area contributed by atoms with Crippen molar-refractivity contribution in [2.75, 3.05) is 13.2 Å². The molecule has 3 N–H and O–H groups in total. The summed E-state index contributed by atoms with van der Waals surface area (Å²) in [5, 5.41) is 14.4. The normalized spacial score (nSPS) is 10.0. The zero-order valence-electron chi connectivity index (χ0n) is 11.8. The van der Waals surface area contributed by atoms with Crippen LogP contribution >= 0.6 is 11.3 Å². The number of nitrogens with zero attached hydrogens (tertiary/aromatic N) is 1. The van der Waals surface area contributed by atoms with Gasteiger partial charge in [-0.25, -0.2) is 14.6 Å². The van der Waals surface area contributed by atoms with Crippen molar-refractivity contribution in [2.24, 2.45) is 0 Å². The van der Waals surface area contributed by atoms with Gasteiger partial charge in [-0.05, 0) is 13.8 Å². The fraction of sp³-hybridized carbons (Fsp3) is 0.500. The number of carbonyl (C=O) groups excluding carboxylic acids is 2. The maximum Gasteiger partial charge on any atom is 0.347 e. The molecule has 1 aromatic rings. The van der Waals surface area contributed by atoms with Crippen molar-refractivity contribution >= 4 is 29.3 Å². The van der Waals surface area contributed by atoms with E-state index in [2.05, 4.69) is 15.6 Å². The first-order valence-electron chi connectivity index (χ1n) is 6.31. The van der Waals surface area contributed by atoms with Crippen LogP contribution in [0.1, 0.15) is 33.7 Å². The molecule has 1 aromatic heterocycles. The summed E-state index contributed by atoms with van der Waals surface area (Å²) in [7, 11) is 0. The number of urea groups is 1. The minimum Gasteiger partial charge on any atom is -0.477 e. The van der Waals surface area contributed by atoms with Gasteiger partial charge in [0.25, 0.3) is 0 Å². The number of nitrogens with one attached hydrogen (secondary N) is 2. The number of rotatable bonds is 7. The van der Waals surface area contributed by atoms with Crippen LogP contribution in [0.3, 0.4) is 0 Å². The van der Waals surface area contributed by atoms with Gasteiger partial charge >= 0.3 is 18.0 Å². The van der Waals surface area contributed by atoms with Gasteiger partial charge in [-0.2, -0.15) is 0 Å². The molecule has 0 atom stereocenters. The summed E-state index contributed by atoms with van der Waals surface area (Å²) < 4.78 is 4.72. The minimum atomic E-state index is -1.03. The van der Waals surface area contributed by atoms with Crippen LogP contribution in [-0.4, -0.2) is 41.2 Å². The Morgan fingerprint density at radius 1 is 1.33 bits per heavy atom. The largest absolute Gasteiger partial charge is 0.477 e. The number of hydrogen-bond acceptors (Lipinski definition) is 6. The lowest BCUT2D eigenvalue weighted by Crippen LogP contribution is -2.36. The van der Waals surface area contributed by atoms with Crippen molar-refractivity contribution in [1.82, 2.24) is 15.6 Å². The predicted octanol–water partition coefficient (Wildman–Crippen LogP) is 0.902. The Kier molecular flexibility index (Phi) is 6.60. The second-order valence-electron chi connectivity index (χ2n) is 3.99. The summed E-state index contributed by atoms with van der Waals surface area (Å²) in [5.74, 6) is -1.41. The van der Waals surface area contributed by atoms with Gasteiger partial charge in [0.2, 0.25) is 0 Å². The fourth-order valence-electron chi connectivity index (χ4n) is 1.46. The number of aromatic nitrogens is 1. The molecule has 0 aliphatic heterocycles. The molecule has 2 amide bonds. The van der Waals surface area contributed by atoms with E-state index in [0.29, 0.717) is 17.3 Å². The molecule has 8 nitrogen and oxygen atoms in total. The van der Waals surface area contributed by atoms with E-state index in [0.717, 1.165) is 11.3 Å². The Hall–Kier alpha value is -2.16. The maximum absolute atomic E-state index is 11.5. The zero-order chi connectivity index (χ0) is 15.8. The number of thiazole rings is 1. The highest BCUT2D eigenvalue weighted by Crippen LogP contribution is 2.17. The van der Waals surface area contributed by atoms with Crippen molar-refractivity contribution in [3.63, 3.8) is 0 Å². The second kappa shape index (κ2) is 8.20. The van der Waals surface area contributed by atoms with Gasteiger partial charge in [0, 0.05) is 6.54 Å². The molecule has 0 aliphatic carbocycles. The number of aryl methyl sites for hydroxylation is 1. The Morgan fingerprint density at radius 2 is 2.05 bits per heavy atom. The summed E-state index contributed by atoms with van der Waals surface area (Å²) in [6, 6.07) is -0.455. The average Bonchev–Trinajstić information content (AvgIpc) is 2.78. The van der Waals surface area contributed by atoms with Crippen LogP contribution in [0.15, 0.2) is 0 Å². The number of hydrogen-bond donors (Lipinski definition) is 3. The highest BCUT2D eigenvalue weighted by molar-refractivity contribution is 7.13. The van der Waals surface area contributed by atoms with Crippen molar-refractivity contribution in [1.29, 1.82) is 0 Å². The van der Waals surface area contributed by atoms with Gasteiger partial charge in [-0.3, -0.25) is 4.79 Å². The molecule has 9 heteroatoms. The standard InChI is InChI=1S/C12H17N3O5S/c1-3-20-9(16)4-5-13-12(19)14-6-8-15-7(2)10(21-8)11(17)18/h3-6H2,1-2H3,(H,17,18)(H2,13,14,19). The number of carboxylic acids is 1. The summed E-state index contributed by atoms with van der Waals surface area (Å²) in [4.78, 5) is 37.6. The first-order valence-corrected chi connectivity index (χ1v) is 7.12. The summed E-state index contributed by atoms with van der Waals surface area (Å²) >= 11 is 1.02. The van der Waals surface area contributed by atoms with Crippen LogP contribution in [0, 0.1) is 6.92 Å². The topological polar surface area (TPSA) is 118 Å². The molecule has 0 bridgehead atoms. The number of carboxylic acid groups (broad SMARTS) is 1. The predicted molar refractivity (Wildman–Crippen MR) is 75.3 cm³/mol. The van der Waals surface area contributed by atoms with Crippen LogP contribution in [-0.2, 0) is 16.1 Å². The molecular formula is C12H17N3O5S. The quantitative estimate of drug-likeness (QED) is 0.644. The molecule has 0 radical (unpaired) electrons. The number of esters is 1. The van der Waals surface area contributed by atoms with Gasteiger partial charge in [-0.15, -0.1) is 11.3 Å². The lowest BCUT2D eigenvalue weighted by Gasteiger charge is -2.06. The molecule has 0 saturated carbocycles. The van der Waals surface area contributed by atoms with Crippen LogP contribution in [0.5, 0.6) is 0 Å². The molecule has 0 fully saturated rings. The highest BCUT2D eigenvalue weighted by Gasteiger charge is 2.14. The molecular weight excluding hydrogens is 298 g/mol. The molecule has 0 aliphatic rings.